The molecule has 1 fully saturated rings. The number of rotatable bonds is 7. The molecule has 0 aliphatic heterocycles. The lowest BCUT2D eigenvalue weighted by atomic mass is 9.92. The van der Waals surface area contributed by atoms with Crippen molar-refractivity contribution in [2.45, 2.75) is 51.0 Å². The minimum Gasteiger partial charge on any atom is -0.468 e. The topological polar surface area (TPSA) is 89.4 Å². The standard InChI is InChI=1S/C25H31N3O3/c1-24(2,3)21-13-16-11-19(12-17(14-26)22(16)28-21)27-23(29)25(9-10-25)18-5-7-20(8-6-18)31-15-30-4/h5-8,11-13,28H,9-10,14-15,26H2,1-4H3,(H,27,29). The fraction of sp³-hybridized carbons (Fsp3) is 0.400. The van der Waals surface area contributed by atoms with Crippen molar-refractivity contribution in [3.63, 3.8) is 0 Å². The number of benzene rings is 2. The zero-order valence-corrected chi connectivity index (χ0v) is 18.7. The predicted octanol–water partition coefficient (Wildman–Crippen LogP) is 4.58. The van der Waals surface area contributed by atoms with Crippen LogP contribution in [-0.4, -0.2) is 24.8 Å². The number of hydrogen-bond acceptors (Lipinski definition) is 4. The number of anilines is 1. The van der Waals surface area contributed by atoms with Gasteiger partial charge in [0.15, 0.2) is 6.79 Å². The van der Waals surface area contributed by atoms with Gasteiger partial charge in [-0.1, -0.05) is 32.9 Å². The number of aromatic nitrogens is 1. The van der Waals surface area contributed by atoms with Crippen LogP contribution in [0.15, 0.2) is 42.5 Å². The number of hydrogen-bond donors (Lipinski definition) is 3. The van der Waals surface area contributed by atoms with E-state index >= 15 is 0 Å². The number of amides is 1. The van der Waals surface area contributed by atoms with Gasteiger partial charge in [-0.05, 0) is 54.3 Å². The molecule has 4 N–H and O–H groups in total. The second-order valence-corrected chi connectivity index (χ2v) is 9.35. The fourth-order valence-corrected chi connectivity index (χ4v) is 3.98. The molecule has 0 unspecified atom stereocenters. The summed E-state index contributed by atoms with van der Waals surface area (Å²) in [5, 5.41) is 4.21. The highest BCUT2D eigenvalue weighted by molar-refractivity contribution is 6.03. The molecule has 2 aromatic carbocycles. The summed E-state index contributed by atoms with van der Waals surface area (Å²) in [4.78, 5) is 16.8. The van der Waals surface area contributed by atoms with Crippen LogP contribution in [0, 0.1) is 0 Å². The average Bonchev–Trinajstić information content (AvgIpc) is 3.43. The number of carbonyl (C=O) groups excluding carboxylic acids is 1. The molecular formula is C25H31N3O3. The highest BCUT2D eigenvalue weighted by atomic mass is 16.7. The molecule has 1 aliphatic rings. The van der Waals surface area contributed by atoms with Crippen molar-refractivity contribution in [3.8, 4) is 5.75 Å². The first kappa shape index (κ1) is 21.4. The molecule has 6 heteroatoms. The summed E-state index contributed by atoms with van der Waals surface area (Å²) in [7, 11) is 1.59. The summed E-state index contributed by atoms with van der Waals surface area (Å²) in [6.07, 6.45) is 1.67. The molecular weight excluding hydrogens is 390 g/mol. The molecule has 0 bridgehead atoms. The van der Waals surface area contributed by atoms with Gasteiger partial charge in [0.05, 0.1) is 10.9 Å². The number of H-pyrrole nitrogens is 1. The Hall–Kier alpha value is -2.83. The van der Waals surface area contributed by atoms with Gasteiger partial charge in [0.2, 0.25) is 5.91 Å². The largest absolute Gasteiger partial charge is 0.468 e. The summed E-state index contributed by atoms with van der Waals surface area (Å²) < 4.78 is 10.4. The Bertz CT molecular complexity index is 1090. The van der Waals surface area contributed by atoms with E-state index in [0.29, 0.717) is 6.54 Å². The highest BCUT2D eigenvalue weighted by Crippen LogP contribution is 2.49. The van der Waals surface area contributed by atoms with Gasteiger partial charge >= 0.3 is 0 Å². The Morgan fingerprint density at radius 1 is 1.16 bits per heavy atom. The van der Waals surface area contributed by atoms with Crippen molar-refractivity contribution in [3.05, 3.63) is 59.3 Å². The summed E-state index contributed by atoms with van der Waals surface area (Å²) in [5.41, 5.74) is 10.5. The normalized spacial score (nSPS) is 15.1. The van der Waals surface area contributed by atoms with E-state index in [4.69, 9.17) is 15.2 Å². The SMILES string of the molecule is COCOc1ccc(C2(C(=O)Nc3cc(CN)c4[nH]c(C(C)(C)C)cc4c3)CC2)cc1. The maximum absolute atomic E-state index is 13.3. The average molecular weight is 422 g/mol. The minimum atomic E-state index is -0.480. The molecule has 4 rings (SSSR count). The Balaban J connectivity index is 1.57. The van der Waals surface area contributed by atoms with Crippen LogP contribution in [0.3, 0.4) is 0 Å². The lowest BCUT2D eigenvalue weighted by Crippen LogP contribution is -2.27. The van der Waals surface area contributed by atoms with E-state index in [9.17, 15) is 4.79 Å². The molecule has 3 aromatic rings. The number of nitrogens with two attached hydrogens (primary N) is 1. The first-order valence-corrected chi connectivity index (χ1v) is 10.7. The third kappa shape index (κ3) is 4.18. The van der Waals surface area contributed by atoms with Gasteiger partial charge in [0.1, 0.15) is 5.75 Å². The molecule has 1 amide bonds. The van der Waals surface area contributed by atoms with E-state index in [1.54, 1.807) is 7.11 Å². The molecule has 6 nitrogen and oxygen atoms in total. The molecule has 0 atom stereocenters. The lowest BCUT2D eigenvalue weighted by Gasteiger charge is -2.17. The Morgan fingerprint density at radius 3 is 2.45 bits per heavy atom. The molecule has 164 valence electrons. The van der Waals surface area contributed by atoms with Crippen LogP contribution < -0.4 is 15.8 Å². The zero-order chi connectivity index (χ0) is 22.2. The Morgan fingerprint density at radius 2 is 1.87 bits per heavy atom. The Kier molecular flexibility index (Phi) is 5.54. The molecule has 1 aliphatic carbocycles. The lowest BCUT2D eigenvalue weighted by molar-refractivity contribution is -0.118. The molecule has 0 radical (unpaired) electrons. The fourth-order valence-electron chi connectivity index (χ4n) is 3.98. The van der Waals surface area contributed by atoms with Gasteiger partial charge < -0.3 is 25.5 Å². The van der Waals surface area contributed by atoms with E-state index in [1.165, 1.54) is 0 Å². The number of ether oxygens (including phenoxy) is 2. The van der Waals surface area contributed by atoms with Gasteiger partial charge in [-0.25, -0.2) is 0 Å². The van der Waals surface area contributed by atoms with E-state index in [-0.39, 0.29) is 18.1 Å². The quantitative estimate of drug-likeness (QED) is 0.487. The van der Waals surface area contributed by atoms with Gasteiger partial charge in [0, 0.05) is 35.8 Å². The van der Waals surface area contributed by atoms with Crippen molar-refractivity contribution < 1.29 is 14.3 Å². The van der Waals surface area contributed by atoms with Crippen molar-refractivity contribution in [2.75, 3.05) is 19.2 Å². The molecule has 31 heavy (non-hydrogen) atoms. The molecule has 0 saturated heterocycles. The second-order valence-electron chi connectivity index (χ2n) is 9.35. The van der Waals surface area contributed by atoms with Gasteiger partial charge in [-0.15, -0.1) is 0 Å². The molecule has 0 spiro atoms. The van der Waals surface area contributed by atoms with E-state index in [0.717, 1.165) is 52.0 Å². The summed E-state index contributed by atoms with van der Waals surface area (Å²) in [6.45, 7) is 7.12. The maximum Gasteiger partial charge on any atom is 0.235 e. The van der Waals surface area contributed by atoms with Crippen LogP contribution in [0.1, 0.15) is 50.4 Å². The van der Waals surface area contributed by atoms with Crippen molar-refractivity contribution in [2.24, 2.45) is 5.73 Å². The van der Waals surface area contributed by atoms with Crippen LogP contribution in [0.4, 0.5) is 5.69 Å². The molecule has 1 saturated carbocycles. The second kappa shape index (κ2) is 8.02. The van der Waals surface area contributed by atoms with E-state index in [2.05, 4.69) is 37.1 Å². The van der Waals surface area contributed by atoms with E-state index < -0.39 is 5.41 Å². The third-order valence-electron chi connectivity index (χ3n) is 6.03. The van der Waals surface area contributed by atoms with Crippen LogP contribution in [0.25, 0.3) is 10.9 Å². The third-order valence-corrected chi connectivity index (χ3v) is 6.03. The van der Waals surface area contributed by atoms with Gasteiger partial charge in [-0.2, -0.15) is 0 Å². The number of carbonyl (C=O) groups is 1. The minimum absolute atomic E-state index is 0.00546. The van der Waals surface area contributed by atoms with Crippen molar-refractivity contribution in [1.82, 2.24) is 4.98 Å². The first-order valence-electron chi connectivity index (χ1n) is 10.7. The number of aromatic amines is 1. The Labute approximate surface area is 183 Å². The van der Waals surface area contributed by atoms with Gasteiger partial charge in [0.25, 0.3) is 0 Å². The molecule has 1 heterocycles. The smallest absolute Gasteiger partial charge is 0.235 e. The summed E-state index contributed by atoms with van der Waals surface area (Å²) >= 11 is 0. The van der Waals surface area contributed by atoms with Crippen molar-refractivity contribution >= 4 is 22.5 Å². The number of methoxy groups -OCH3 is 1. The van der Waals surface area contributed by atoms with Crippen LogP contribution in [0.5, 0.6) is 5.75 Å². The monoisotopic (exact) mass is 421 g/mol. The maximum atomic E-state index is 13.3. The zero-order valence-electron chi connectivity index (χ0n) is 18.7. The van der Waals surface area contributed by atoms with Crippen LogP contribution in [0.2, 0.25) is 0 Å². The van der Waals surface area contributed by atoms with Crippen LogP contribution in [-0.2, 0) is 26.9 Å². The number of nitrogens with one attached hydrogen (secondary N) is 2. The highest BCUT2D eigenvalue weighted by Gasteiger charge is 2.51. The number of fused-ring (bicyclic) bond motifs is 1. The first-order chi connectivity index (χ1) is 14.8. The van der Waals surface area contributed by atoms with Crippen molar-refractivity contribution in [1.29, 1.82) is 0 Å². The van der Waals surface area contributed by atoms with Crippen LogP contribution >= 0.6 is 0 Å². The van der Waals surface area contributed by atoms with Gasteiger partial charge in [-0.3, -0.25) is 4.79 Å². The summed E-state index contributed by atoms with van der Waals surface area (Å²) in [5.74, 6) is 0.744. The summed E-state index contributed by atoms with van der Waals surface area (Å²) in [6, 6.07) is 13.8. The van der Waals surface area contributed by atoms with E-state index in [1.807, 2.05) is 36.4 Å². The predicted molar refractivity (Wildman–Crippen MR) is 123 cm³/mol. The molecule has 1 aromatic heterocycles.